The molecule has 172 valence electrons. The highest BCUT2D eigenvalue weighted by molar-refractivity contribution is 6.53. The number of anilines is 2. The molecule has 0 saturated carbocycles. The Labute approximate surface area is 203 Å². The number of piperidine rings is 1. The lowest BCUT2D eigenvalue weighted by Gasteiger charge is -2.35. The fourth-order valence-corrected chi connectivity index (χ4v) is 4.75. The van der Waals surface area contributed by atoms with Crippen LogP contribution in [0.2, 0.25) is 5.02 Å². The molecule has 0 bridgehead atoms. The molecule has 2 aliphatic rings. The Balaban J connectivity index is 1.52. The summed E-state index contributed by atoms with van der Waals surface area (Å²) >= 11 is 12.4. The van der Waals surface area contributed by atoms with Crippen molar-refractivity contribution in [1.29, 1.82) is 0 Å². The van der Waals surface area contributed by atoms with Gasteiger partial charge in [-0.25, -0.2) is 4.90 Å². The maximum Gasteiger partial charge on any atom is 0.283 e. The lowest BCUT2D eigenvalue weighted by atomic mass is 9.99. The van der Waals surface area contributed by atoms with Gasteiger partial charge in [0.2, 0.25) is 0 Å². The number of nitrogens with one attached hydrogen (secondary N) is 1. The summed E-state index contributed by atoms with van der Waals surface area (Å²) in [5.74, 6) is -1.16. The summed E-state index contributed by atoms with van der Waals surface area (Å²) in [4.78, 5) is 41.7. The van der Waals surface area contributed by atoms with Crippen LogP contribution in [-0.2, 0) is 9.59 Å². The maximum absolute atomic E-state index is 13.0. The first kappa shape index (κ1) is 23.3. The van der Waals surface area contributed by atoms with E-state index in [0.717, 1.165) is 37.1 Å². The number of hydrogen-bond acceptors (Lipinski definition) is 4. The molecule has 0 spiro atoms. The first-order chi connectivity index (χ1) is 15.8. The van der Waals surface area contributed by atoms with Crippen LogP contribution in [0, 0.1) is 6.92 Å². The number of carbonyl (C=O) groups excluding carboxylic acids is 3. The van der Waals surface area contributed by atoms with Gasteiger partial charge in [-0.3, -0.25) is 14.4 Å². The number of imide groups is 1. The molecule has 8 heteroatoms. The van der Waals surface area contributed by atoms with Crippen molar-refractivity contribution >= 4 is 52.3 Å². The molecular weight excluding hydrogens is 461 g/mol. The van der Waals surface area contributed by atoms with E-state index >= 15 is 0 Å². The molecule has 2 heterocycles. The topological polar surface area (TPSA) is 69.7 Å². The van der Waals surface area contributed by atoms with Gasteiger partial charge >= 0.3 is 0 Å². The zero-order valence-electron chi connectivity index (χ0n) is 18.5. The molecule has 0 radical (unpaired) electrons. The Hall–Kier alpha value is -2.83. The van der Waals surface area contributed by atoms with Crippen LogP contribution in [0.1, 0.15) is 48.5 Å². The van der Waals surface area contributed by atoms with Crippen molar-refractivity contribution in [2.75, 3.05) is 16.8 Å². The van der Waals surface area contributed by atoms with Gasteiger partial charge in [0.05, 0.1) is 5.69 Å². The van der Waals surface area contributed by atoms with Gasteiger partial charge in [0.25, 0.3) is 17.7 Å². The van der Waals surface area contributed by atoms with E-state index < -0.39 is 11.8 Å². The van der Waals surface area contributed by atoms with Gasteiger partial charge in [-0.05, 0) is 74.6 Å². The minimum Gasteiger partial charge on any atom is -0.350 e. The lowest BCUT2D eigenvalue weighted by molar-refractivity contribution is -0.120. The van der Waals surface area contributed by atoms with Crippen molar-refractivity contribution in [3.63, 3.8) is 0 Å². The Morgan fingerprint density at radius 3 is 2.48 bits per heavy atom. The van der Waals surface area contributed by atoms with Gasteiger partial charge < -0.3 is 10.2 Å². The fraction of sp³-hybridized carbons (Fsp3) is 0.320. The Bertz CT molecular complexity index is 1140. The minimum atomic E-state index is -0.614. The van der Waals surface area contributed by atoms with E-state index in [1.54, 1.807) is 49.4 Å². The molecule has 0 aliphatic carbocycles. The van der Waals surface area contributed by atoms with E-state index in [1.165, 1.54) is 0 Å². The zero-order chi connectivity index (χ0) is 23.7. The number of benzene rings is 2. The highest BCUT2D eigenvalue weighted by Crippen LogP contribution is 2.34. The molecule has 33 heavy (non-hydrogen) atoms. The highest BCUT2D eigenvalue weighted by Gasteiger charge is 2.39. The molecule has 4 rings (SSSR count). The first-order valence-electron chi connectivity index (χ1n) is 11.0. The number of nitrogens with zero attached hydrogens (tertiary/aromatic N) is 2. The second-order valence-electron chi connectivity index (χ2n) is 8.28. The van der Waals surface area contributed by atoms with E-state index in [-0.39, 0.29) is 22.7 Å². The molecule has 0 aromatic heterocycles. The van der Waals surface area contributed by atoms with Crippen LogP contribution in [0.5, 0.6) is 0 Å². The van der Waals surface area contributed by atoms with Gasteiger partial charge in [-0.1, -0.05) is 36.2 Å². The molecule has 1 unspecified atom stereocenters. The van der Waals surface area contributed by atoms with E-state index in [0.29, 0.717) is 27.5 Å². The van der Waals surface area contributed by atoms with Crippen LogP contribution in [0.3, 0.4) is 0 Å². The van der Waals surface area contributed by atoms with Crippen molar-refractivity contribution in [2.45, 2.75) is 45.6 Å². The zero-order valence-corrected chi connectivity index (χ0v) is 20.0. The number of halogens is 2. The normalized spacial score (nSPS) is 18.8. The molecule has 6 nitrogen and oxygen atoms in total. The van der Waals surface area contributed by atoms with Gasteiger partial charge in [0.15, 0.2) is 0 Å². The van der Waals surface area contributed by atoms with Crippen molar-refractivity contribution in [2.24, 2.45) is 0 Å². The average Bonchev–Trinajstić information content (AvgIpc) is 3.04. The Morgan fingerprint density at radius 2 is 1.79 bits per heavy atom. The average molecular weight is 486 g/mol. The molecule has 2 aromatic carbocycles. The van der Waals surface area contributed by atoms with Crippen LogP contribution in [0.15, 0.2) is 53.2 Å². The number of amides is 3. The predicted molar refractivity (Wildman–Crippen MR) is 131 cm³/mol. The third-order valence-corrected chi connectivity index (χ3v) is 7.03. The third kappa shape index (κ3) is 4.37. The van der Waals surface area contributed by atoms with Crippen LogP contribution in [0.4, 0.5) is 11.4 Å². The number of carbonyl (C=O) groups is 3. The number of hydrogen-bond donors (Lipinski definition) is 1. The van der Waals surface area contributed by atoms with Crippen molar-refractivity contribution in [1.82, 2.24) is 4.90 Å². The minimum absolute atomic E-state index is 0.0119. The van der Waals surface area contributed by atoms with Gasteiger partial charge in [-0.15, -0.1) is 0 Å². The number of rotatable bonds is 5. The molecule has 1 N–H and O–H groups in total. The fourth-order valence-electron chi connectivity index (χ4n) is 4.37. The number of likely N-dealkylation sites (tertiary alicyclic amines) is 1. The standard InChI is InChI=1S/C25H25Cl2N3O3/c1-3-18-7-4-5-14-29(18)23(31)16-10-12-17(13-11-16)28-22-21(27)24(32)30(25(22)33)20-9-6-8-19(26)15(20)2/h6,8-13,18,28H,3-5,7,14H2,1-2H3. The van der Waals surface area contributed by atoms with Gasteiger partial charge in [0, 0.05) is 28.9 Å². The lowest BCUT2D eigenvalue weighted by Crippen LogP contribution is -2.43. The predicted octanol–water partition coefficient (Wildman–Crippen LogP) is 5.49. The van der Waals surface area contributed by atoms with Gasteiger partial charge in [-0.2, -0.15) is 0 Å². The van der Waals surface area contributed by atoms with Crippen molar-refractivity contribution < 1.29 is 14.4 Å². The maximum atomic E-state index is 13.0. The molecule has 3 amide bonds. The van der Waals surface area contributed by atoms with Crippen molar-refractivity contribution in [3.05, 3.63) is 69.3 Å². The quantitative estimate of drug-likeness (QED) is 0.568. The summed E-state index contributed by atoms with van der Waals surface area (Å²) in [5, 5.41) is 3.20. The largest absolute Gasteiger partial charge is 0.350 e. The molecule has 1 atom stereocenters. The monoisotopic (exact) mass is 485 g/mol. The van der Waals surface area contributed by atoms with Crippen LogP contribution < -0.4 is 10.2 Å². The second-order valence-corrected chi connectivity index (χ2v) is 9.06. The molecular formula is C25H25Cl2N3O3. The third-order valence-electron chi connectivity index (χ3n) is 6.27. The summed E-state index contributed by atoms with van der Waals surface area (Å²) in [6.45, 7) is 4.61. The highest BCUT2D eigenvalue weighted by atomic mass is 35.5. The van der Waals surface area contributed by atoms with Crippen molar-refractivity contribution in [3.8, 4) is 0 Å². The SMILES string of the molecule is CCC1CCCCN1C(=O)c1ccc(NC2=C(Cl)C(=O)N(c3cccc(Cl)c3C)C2=O)cc1. The second kappa shape index (κ2) is 9.57. The summed E-state index contributed by atoms with van der Waals surface area (Å²) in [7, 11) is 0. The van der Waals surface area contributed by atoms with E-state index in [2.05, 4.69) is 12.2 Å². The smallest absolute Gasteiger partial charge is 0.283 e. The summed E-state index contributed by atoms with van der Waals surface area (Å²) in [6, 6.07) is 12.1. The van der Waals surface area contributed by atoms with E-state index in [4.69, 9.17) is 23.2 Å². The Kier molecular flexibility index (Phi) is 6.77. The Morgan fingerprint density at radius 1 is 1.06 bits per heavy atom. The first-order valence-corrected chi connectivity index (χ1v) is 11.8. The molecule has 2 aliphatic heterocycles. The summed E-state index contributed by atoms with van der Waals surface area (Å²) < 4.78 is 0. The molecule has 1 saturated heterocycles. The summed E-state index contributed by atoms with van der Waals surface area (Å²) in [6.07, 6.45) is 4.15. The van der Waals surface area contributed by atoms with Gasteiger partial charge in [0.1, 0.15) is 10.7 Å². The van der Waals surface area contributed by atoms with E-state index in [9.17, 15) is 14.4 Å². The van der Waals surface area contributed by atoms with E-state index in [1.807, 2.05) is 4.90 Å². The van der Waals surface area contributed by atoms with Crippen LogP contribution in [0.25, 0.3) is 0 Å². The molecule has 2 aromatic rings. The molecule has 1 fully saturated rings. The van der Waals surface area contributed by atoms with Crippen LogP contribution in [-0.4, -0.2) is 35.2 Å². The summed E-state index contributed by atoms with van der Waals surface area (Å²) in [5.41, 5.74) is 2.13. The van der Waals surface area contributed by atoms with Crippen LogP contribution >= 0.6 is 23.2 Å².